The van der Waals surface area contributed by atoms with Crippen LogP contribution in [0.25, 0.3) is 0 Å². The van der Waals surface area contributed by atoms with E-state index >= 15 is 0 Å². The van der Waals surface area contributed by atoms with E-state index in [0.717, 1.165) is 5.56 Å². The van der Waals surface area contributed by atoms with Gasteiger partial charge in [-0.2, -0.15) is 4.31 Å². The standard InChI is InChI=1S/C13H18F3NO4S/c1-9-3-5-10(6-4-9)22(20,21)17(7-2-8-18)13(16)11(19)12(14)15/h3-6,11-13,18-19H,2,7-8H2,1H3. The first-order valence-corrected chi connectivity index (χ1v) is 7.95. The molecule has 0 saturated heterocycles. The lowest BCUT2D eigenvalue weighted by Crippen LogP contribution is -2.47. The van der Waals surface area contributed by atoms with Gasteiger partial charge in [-0.05, 0) is 25.5 Å². The van der Waals surface area contributed by atoms with Crippen LogP contribution in [0.4, 0.5) is 13.2 Å². The van der Waals surface area contributed by atoms with Gasteiger partial charge >= 0.3 is 0 Å². The zero-order valence-electron chi connectivity index (χ0n) is 11.9. The highest BCUT2D eigenvalue weighted by atomic mass is 32.2. The Morgan fingerprint density at radius 1 is 1.18 bits per heavy atom. The Hall–Kier alpha value is -1.16. The molecule has 0 amide bonds. The van der Waals surface area contributed by atoms with Crippen LogP contribution in [0.1, 0.15) is 12.0 Å². The molecule has 2 atom stereocenters. The molecule has 0 bridgehead atoms. The highest BCUT2D eigenvalue weighted by Crippen LogP contribution is 2.23. The van der Waals surface area contributed by atoms with Gasteiger partial charge in [0.05, 0.1) is 4.90 Å². The molecular formula is C13H18F3NO4S. The first-order chi connectivity index (χ1) is 10.2. The van der Waals surface area contributed by atoms with Crippen molar-refractivity contribution in [3.8, 4) is 0 Å². The van der Waals surface area contributed by atoms with Crippen LogP contribution in [0.3, 0.4) is 0 Å². The second-order valence-corrected chi connectivity index (χ2v) is 6.59. The summed E-state index contributed by atoms with van der Waals surface area (Å²) in [4.78, 5) is -0.278. The Bertz CT molecular complexity index is 565. The highest BCUT2D eigenvalue weighted by Gasteiger charge is 2.39. The van der Waals surface area contributed by atoms with Crippen molar-refractivity contribution in [3.05, 3.63) is 29.8 Å². The van der Waals surface area contributed by atoms with Crippen molar-refractivity contribution < 1.29 is 31.8 Å². The average Bonchev–Trinajstić information content (AvgIpc) is 2.46. The number of sulfonamides is 1. The Morgan fingerprint density at radius 3 is 2.18 bits per heavy atom. The lowest BCUT2D eigenvalue weighted by Gasteiger charge is -2.28. The minimum atomic E-state index is -4.41. The summed E-state index contributed by atoms with van der Waals surface area (Å²) >= 11 is 0. The smallest absolute Gasteiger partial charge is 0.268 e. The van der Waals surface area contributed by atoms with Gasteiger partial charge < -0.3 is 10.2 Å². The van der Waals surface area contributed by atoms with Gasteiger partial charge in [-0.25, -0.2) is 21.6 Å². The van der Waals surface area contributed by atoms with E-state index in [9.17, 15) is 21.6 Å². The van der Waals surface area contributed by atoms with Crippen molar-refractivity contribution in [2.45, 2.75) is 37.1 Å². The van der Waals surface area contributed by atoms with Gasteiger partial charge in [-0.15, -0.1) is 0 Å². The molecule has 1 aromatic carbocycles. The molecule has 0 aromatic heterocycles. The summed E-state index contributed by atoms with van der Waals surface area (Å²) in [5.74, 6) is 0. The molecule has 1 rings (SSSR count). The highest BCUT2D eigenvalue weighted by molar-refractivity contribution is 7.89. The number of aliphatic hydroxyl groups is 2. The van der Waals surface area contributed by atoms with Gasteiger partial charge in [0.1, 0.15) is 0 Å². The Labute approximate surface area is 127 Å². The molecule has 0 aliphatic heterocycles. The largest absolute Gasteiger partial charge is 0.396 e. The van der Waals surface area contributed by atoms with Crippen LogP contribution in [0.15, 0.2) is 29.2 Å². The molecule has 9 heteroatoms. The Kier molecular flexibility index (Phi) is 6.79. The van der Waals surface area contributed by atoms with E-state index in [1.54, 1.807) is 6.92 Å². The van der Waals surface area contributed by atoms with E-state index in [0.29, 0.717) is 0 Å². The molecule has 0 saturated carbocycles. The first-order valence-electron chi connectivity index (χ1n) is 6.51. The summed E-state index contributed by atoms with van der Waals surface area (Å²) in [5, 5.41) is 17.9. The van der Waals surface area contributed by atoms with Crippen LogP contribution in [0.5, 0.6) is 0 Å². The van der Waals surface area contributed by atoms with Crippen molar-refractivity contribution in [3.63, 3.8) is 0 Å². The van der Waals surface area contributed by atoms with Crippen molar-refractivity contribution in [2.75, 3.05) is 13.2 Å². The molecule has 2 unspecified atom stereocenters. The van der Waals surface area contributed by atoms with Crippen LogP contribution < -0.4 is 0 Å². The van der Waals surface area contributed by atoms with Gasteiger partial charge in [-0.1, -0.05) is 17.7 Å². The van der Waals surface area contributed by atoms with E-state index in [1.807, 2.05) is 0 Å². The van der Waals surface area contributed by atoms with Crippen molar-refractivity contribution >= 4 is 10.0 Å². The lowest BCUT2D eigenvalue weighted by molar-refractivity contribution is -0.0803. The molecule has 1 aromatic rings. The fraction of sp³-hybridized carbons (Fsp3) is 0.538. The van der Waals surface area contributed by atoms with E-state index in [2.05, 4.69) is 0 Å². The quantitative estimate of drug-likeness (QED) is 0.699. The Balaban J connectivity index is 3.16. The molecular weight excluding hydrogens is 323 g/mol. The van der Waals surface area contributed by atoms with Crippen LogP contribution in [-0.4, -0.2) is 54.9 Å². The molecule has 126 valence electrons. The second kappa shape index (κ2) is 7.91. The summed E-state index contributed by atoms with van der Waals surface area (Å²) in [5.41, 5.74) is 0.769. The predicted octanol–water partition coefficient (Wildman–Crippen LogP) is 1.29. The van der Waals surface area contributed by atoms with Crippen molar-refractivity contribution in [1.82, 2.24) is 4.31 Å². The molecule has 2 N–H and O–H groups in total. The van der Waals surface area contributed by atoms with E-state index in [4.69, 9.17) is 10.2 Å². The van der Waals surface area contributed by atoms with Crippen molar-refractivity contribution in [2.24, 2.45) is 0 Å². The third-order valence-corrected chi connectivity index (χ3v) is 4.85. The van der Waals surface area contributed by atoms with Gasteiger partial charge in [0.15, 0.2) is 12.4 Å². The maximum absolute atomic E-state index is 14.0. The molecule has 0 heterocycles. The summed E-state index contributed by atoms with van der Waals surface area (Å²) in [6.07, 6.45) is -9.15. The average molecular weight is 341 g/mol. The zero-order chi connectivity index (χ0) is 16.9. The number of hydrogen-bond donors (Lipinski definition) is 2. The number of rotatable bonds is 8. The molecule has 0 fully saturated rings. The third kappa shape index (κ3) is 4.42. The van der Waals surface area contributed by atoms with E-state index in [-0.39, 0.29) is 15.6 Å². The van der Waals surface area contributed by atoms with Crippen LogP contribution in [-0.2, 0) is 10.0 Å². The fourth-order valence-corrected chi connectivity index (χ4v) is 3.25. The summed E-state index contributed by atoms with van der Waals surface area (Å²) in [7, 11) is -4.41. The predicted molar refractivity (Wildman–Crippen MR) is 73.7 cm³/mol. The van der Waals surface area contributed by atoms with Gasteiger partial charge in [-0.3, -0.25) is 0 Å². The maximum Gasteiger partial charge on any atom is 0.268 e. The van der Waals surface area contributed by atoms with E-state index in [1.165, 1.54) is 24.3 Å². The minimum Gasteiger partial charge on any atom is -0.396 e. The number of aryl methyl sites for hydroxylation is 1. The van der Waals surface area contributed by atoms with Crippen LogP contribution in [0, 0.1) is 6.92 Å². The number of aliphatic hydroxyl groups excluding tert-OH is 2. The van der Waals surface area contributed by atoms with Gasteiger partial charge in [0, 0.05) is 13.2 Å². The summed E-state index contributed by atoms with van der Waals surface area (Å²) < 4.78 is 63.8. The molecule has 5 nitrogen and oxygen atoms in total. The normalized spacial score (nSPS) is 15.3. The van der Waals surface area contributed by atoms with Crippen LogP contribution >= 0.6 is 0 Å². The van der Waals surface area contributed by atoms with E-state index < -0.39 is 42.0 Å². The number of alkyl halides is 3. The summed E-state index contributed by atoms with van der Waals surface area (Å²) in [6.45, 7) is 0.744. The second-order valence-electron chi connectivity index (χ2n) is 4.70. The van der Waals surface area contributed by atoms with Crippen LogP contribution in [0.2, 0.25) is 0 Å². The number of benzene rings is 1. The minimum absolute atomic E-state index is 0.144. The first kappa shape index (κ1) is 18.9. The SMILES string of the molecule is Cc1ccc(S(=O)(=O)N(CCCO)C(F)C(O)C(F)F)cc1. The molecule has 0 radical (unpaired) electrons. The van der Waals surface area contributed by atoms with Gasteiger partial charge in [0.2, 0.25) is 10.0 Å². The number of halogens is 3. The van der Waals surface area contributed by atoms with Gasteiger partial charge in [0.25, 0.3) is 6.43 Å². The maximum atomic E-state index is 14.0. The molecule has 0 aliphatic carbocycles. The third-order valence-electron chi connectivity index (χ3n) is 2.98. The summed E-state index contributed by atoms with van der Waals surface area (Å²) in [6, 6.07) is 5.40. The molecule has 22 heavy (non-hydrogen) atoms. The fourth-order valence-electron chi connectivity index (χ4n) is 1.74. The Morgan fingerprint density at radius 2 is 1.73 bits per heavy atom. The number of nitrogens with zero attached hydrogens (tertiary/aromatic N) is 1. The topological polar surface area (TPSA) is 77.8 Å². The number of hydrogen-bond acceptors (Lipinski definition) is 4. The molecule has 0 spiro atoms. The lowest BCUT2D eigenvalue weighted by atomic mass is 10.2. The monoisotopic (exact) mass is 341 g/mol. The molecule has 0 aliphatic rings. The van der Waals surface area contributed by atoms with Crippen molar-refractivity contribution in [1.29, 1.82) is 0 Å². The zero-order valence-corrected chi connectivity index (χ0v) is 12.7.